The molecule has 0 spiro atoms. The van der Waals surface area contributed by atoms with Crippen molar-refractivity contribution in [1.29, 1.82) is 0 Å². The molecule has 0 saturated carbocycles. The highest BCUT2D eigenvalue weighted by Crippen LogP contribution is 2.10. The Morgan fingerprint density at radius 2 is 2.20 bits per heavy atom. The first kappa shape index (κ1) is 13.9. The molecule has 2 N–H and O–H groups in total. The number of amides is 1. The number of aromatic nitrogens is 4. The van der Waals surface area contributed by atoms with Gasteiger partial charge in [0.05, 0.1) is 17.7 Å². The van der Waals surface area contributed by atoms with Crippen LogP contribution < -0.4 is 5.32 Å². The SMILES string of the molecule is CCc1c(C(=O)NC(C)CC(=O)O)cnc2ncnn12. The van der Waals surface area contributed by atoms with E-state index in [9.17, 15) is 9.59 Å². The van der Waals surface area contributed by atoms with Crippen LogP contribution in [0.4, 0.5) is 0 Å². The smallest absolute Gasteiger partial charge is 0.305 e. The van der Waals surface area contributed by atoms with E-state index in [1.54, 1.807) is 6.92 Å². The number of rotatable bonds is 5. The zero-order valence-electron chi connectivity index (χ0n) is 11.2. The summed E-state index contributed by atoms with van der Waals surface area (Å²) in [5.74, 6) is -0.893. The van der Waals surface area contributed by atoms with E-state index >= 15 is 0 Å². The Morgan fingerprint density at radius 1 is 1.45 bits per heavy atom. The van der Waals surface area contributed by atoms with Crippen molar-refractivity contribution in [2.45, 2.75) is 32.7 Å². The van der Waals surface area contributed by atoms with Gasteiger partial charge < -0.3 is 10.4 Å². The number of carbonyl (C=O) groups is 2. The van der Waals surface area contributed by atoms with Gasteiger partial charge in [0.15, 0.2) is 0 Å². The van der Waals surface area contributed by atoms with Crippen molar-refractivity contribution in [2.24, 2.45) is 0 Å². The van der Waals surface area contributed by atoms with E-state index in [1.807, 2.05) is 6.92 Å². The van der Waals surface area contributed by atoms with E-state index < -0.39 is 12.0 Å². The van der Waals surface area contributed by atoms with Gasteiger partial charge in [-0.05, 0) is 13.3 Å². The summed E-state index contributed by atoms with van der Waals surface area (Å²) >= 11 is 0. The van der Waals surface area contributed by atoms with Gasteiger partial charge in [0.2, 0.25) is 0 Å². The van der Waals surface area contributed by atoms with E-state index in [-0.39, 0.29) is 12.3 Å². The van der Waals surface area contributed by atoms with Gasteiger partial charge in [-0.25, -0.2) is 9.50 Å². The fourth-order valence-electron chi connectivity index (χ4n) is 1.97. The van der Waals surface area contributed by atoms with E-state index in [4.69, 9.17) is 5.11 Å². The van der Waals surface area contributed by atoms with E-state index in [0.29, 0.717) is 23.5 Å². The molecule has 106 valence electrons. The second-order valence-corrected chi connectivity index (χ2v) is 4.42. The van der Waals surface area contributed by atoms with Gasteiger partial charge in [-0.15, -0.1) is 0 Å². The van der Waals surface area contributed by atoms with Crippen molar-refractivity contribution in [3.63, 3.8) is 0 Å². The lowest BCUT2D eigenvalue weighted by molar-refractivity contribution is -0.137. The molecule has 0 saturated heterocycles. The van der Waals surface area contributed by atoms with Crippen molar-refractivity contribution in [3.8, 4) is 0 Å². The summed E-state index contributed by atoms with van der Waals surface area (Å²) in [6, 6.07) is -0.462. The van der Waals surface area contributed by atoms with E-state index in [1.165, 1.54) is 17.0 Å². The van der Waals surface area contributed by atoms with Crippen molar-refractivity contribution < 1.29 is 14.7 Å². The van der Waals surface area contributed by atoms with Crippen LogP contribution in [0, 0.1) is 0 Å². The Hall–Kier alpha value is -2.51. The number of hydrogen-bond acceptors (Lipinski definition) is 5. The Kier molecular flexibility index (Phi) is 3.92. The van der Waals surface area contributed by atoms with Crippen LogP contribution in [0.5, 0.6) is 0 Å². The highest BCUT2D eigenvalue weighted by Gasteiger charge is 2.18. The summed E-state index contributed by atoms with van der Waals surface area (Å²) in [7, 11) is 0. The van der Waals surface area contributed by atoms with Gasteiger partial charge in [0.1, 0.15) is 6.33 Å². The Morgan fingerprint density at radius 3 is 2.85 bits per heavy atom. The average molecular weight is 277 g/mol. The zero-order chi connectivity index (χ0) is 14.7. The number of hydrogen-bond donors (Lipinski definition) is 2. The fourth-order valence-corrected chi connectivity index (χ4v) is 1.97. The van der Waals surface area contributed by atoms with Gasteiger partial charge in [-0.1, -0.05) is 6.92 Å². The number of nitrogens with one attached hydrogen (secondary N) is 1. The zero-order valence-corrected chi connectivity index (χ0v) is 11.2. The van der Waals surface area contributed by atoms with E-state index in [2.05, 4.69) is 20.4 Å². The molecule has 1 unspecified atom stereocenters. The fraction of sp³-hybridized carbons (Fsp3) is 0.417. The number of carboxylic acids is 1. The molecule has 8 heteroatoms. The highest BCUT2D eigenvalue weighted by molar-refractivity contribution is 5.95. The molecule has 2 heterocycles. The Bertz CT molecular complexity index is 652. The predicted octanol–water partition coefficient (Wildman–Crippen LogP) is 0.280. The van der Waals surface area contributed by atoms with Crippen LogP contribution in [0.25, 0.3) is 5.78 Å². The second-order valence-electron chi connectivity index (χ2n) is 4.42. The first-order valence-electron chi connectivity index (χ1n) is 6.23. The third kappa shape index (κ3) is 2.73. The largest absolute Gasteiger partial charge is 0.481 e. The summed E-state index contributed by atoms with van der Waals surface area (Å²) < 4.78 is 1.51. The molecule has 2 aromatic rings. The van der Waals surface area contributed by atoms with Gasteiger partial charge in [0.25, 0.3) is 11.7 Å². The summed E-state index contributed by atoms with van der Waals surface area (Å²) in [4.78, 5) is 30.8. The first-order chi connectivity index (χ1) is 9.52. The van der Waals surface area contributed by atoms with Crippen LogP contribution in [0.15, 0.2) is 12.5 Å². The van der Waals surface area contributed by atoms with Crippen LogP contribution in [0.1, 0.15) is 36.3 Å². The maximum absolute atomic E-state index is 12.2. The Labute approximate surface area is 114 Å². The maximum Gasteiger partial charge on any atom is 0.305 e. The Balaban J connectivity index is 2.27. The number of carbonyl (C=O) groups excluding carboxylic acids is 1. The molecule has 8 nitrogen and oxygen atoms in total. The highest BCUT2D eigenvalue weighted by atomic mass is 16.4. The lowest BCUT2D eigenvalue weighted by Gasteiger charge is -2.13. The maximum atomic E-state index is 12.2. The molecule has 0 radical (unpaired) electrons. The van der Waals surface area contributed by atoms with Crippen molar-refractivity contribution >= 4 is 17.7 Å². The molecule has 20 heavy (non-hydrogen) atoms. The van der Waals surface area contributed by atoms with Crippen LogP contribution in [0.3, 0.4) is 0 Å². The second kappa shape index (κ2) is 5.64. The van der Waals surface area contributed by atoms with Gasteiger partial charge in [0, 0.05) is 12.2 Å². The molecule has 0 fully saturated rings. The van der Waals surface area contributed by atoms with Gasteiger partial charge in [-0.2, -0.15) is 10.1 Å². The quantitative estimate of drug-likeness (QED) is 0.812. The molecule has 2 aromatic heterocycles. The molecule has 1 atom stereocenters. The summed E-state index contributed by atoms with van der Waals surface area (Å²) in [5, 5.41) is 15.4. The lowest BCUT2D eigenvalue weighted by Crippen LogP contribution is -2.35. The molecule has 0 aromatic carbocycles. The van der Waals surface area contributed by atoms with Crippen LogP contribution in [0.2, 0.25) is 0 Å². The minimum Gasteiger partial charge on any atom is -0.481 e. The van der Waals surface area contributed by atoms with Gasteiger partial charge >= 0.3 is 5.97 Å². The number of aliphatic carboxylic acids is 1. The third-order valence-electron chi connectivity index (χ3n) is 2.84. The number of fused-ring (bicyclic) bond motifs is 1. The van der Waals surface area contributed by atoms with Gasteiger partial charge in [-0.3, -0.25) is 9.59 Å². The molecule has 0 aliphatic heterocycles. The standard InChI is InChI=1S/C12H15N5O3/c1-3-9-8(5-13-12-14-6-15-17(9)12)11(20)16-7(2)4-10(18)19/h5-7H,3-4H2,1-2H3,(H,16,20)(H,18,19). The van der Waals surface area contributed by atoms with E-state index in [0.717, 1.165) is 0 Å². The summed E-state index contributed by atoms with van der Waals surface area (Å²) in [5.41, 5.74) is 1.07. The minimum absolute atomic E-state index is 0.133. The molecule has 2 rings (SSSR count). The normalized spacial score (nSPS) is 12.3. The molecule has 0 bridgehead atoms. The van der Waals surface area contributed by atoms with Crippen LogP contribution in [-0.4, -0.2) is 42.6 Å². The predicted molar refractivity (Wildman–Crippen MR) is 69.3 cm³/mol. The molecular formula is C12H15N5O3. The average Bonchev–Trinajstić information content (AvgIpc) is 2.84. The molecule has 1 amide bonds. The third-order valence-corrected chi connectivity index (χ3v) is 2.84. The molecule has 0 aliphatic rings. The van der Waals surface area contributed by atoms with Crippen molar-refractivity contribution in [1.82, 2.24) is 24.9 Å². The molecular weight excluding hydrogens is 262 g/mol. The molecule has 0 aliphatic carbocycles. The topological polar surface area (TPSA) is 109 Å². The van der Waals surface area contributed by atoms with Crippen molar-refractivity contribution in [3.05, 3.63) is 23.8 Å². The minimum atomic E-state index is -0.960. The van der Waals surface area contributed by atoms with Crippen LogP contribution >= 0.6 is 0 Å². The number of nitrogens with zero attached hydrogens (tertiary/aromatic N) is 4. The summed E-state index contributed by atoms with van der Waals surface area (Å²) in [6.07, 6.45) is 3.26. The first-order valence-corrected chi connectivity index (χ1v) is 6.23. The number of aryl methyl sites for hydroxylation is 1. The van der Waals surface area contributed by atoms with Crippen molar-refractivity contribution in [2.75, 3.05) is 0 Å². The number of carboxylic acid groups (broad SMARTS) is 1. The summed E-state index contributed by atoms with van der Waals surface area (Å²) in [6.45, 7) is 3.53. The van der Waals surface area contributed by atoms with Crippen LogP contribution in [-0.2, 0) is 11.2 Å². The lowest BCUT2D eigenvalue weighted by atomic mass is 10.1. The monoisotopic (exact) mass is 277 g/mol.